The van der Waals surface area contributed by atoms with Crippen LogP contribution >= 0.6 is 11.8 Å². The van der Waals surface area contributed by atoms with Gasteiger partial charge in [0.15, 0.2) is 0 Å². The normalized spacial score (nSPS) is 15.6. The van der Waals surface area contributed by atoms with E-state index in [0.29, 0.717) is 12.5 Å². The Morgan fingerprint density at radius 3 is 2.72 bits per heavy atom. The summed E-state index contributed by atoms with van der Waals surface area (Å²) in [7, 11) is 0. The lowest BCUT2D eigenvalue weighted by atomic mass is 9.90. The highest BCUT2D eigenvalue weighted by Gasteiger charge is 2.15. The van der Waals surface area contributed by atoms with Gasteiger partial charge in [-0.2, -0.15) is 0 Å². The third-order valence-electron chi connectivity index (χ3n) is 4.05. The topological polar surface area (TPSA) is 47.6 Å². The second kappa shape index (κ2) is 9.95. The van der Waals surface area contributed by atoms with Gasteiger partial charge in [0, 0.05) is 17.2 Å². The number of alkyl carbamates (subject to hydrolysis) is 1. The number of thioether (sulfide) groups is 1. The highest BCUT2D eigenvalue weighted by atomic mass is 32.2. The van der Waals surface area contributed by atoms with E-state index in [1.807, 2.05) is 32.9 Å². The van der Waals surface area contributed by atoms with Crippen LogP contribution in [0.15, 0.2) is 29.2 Å². The Bertz CT molecular complexity index is 536. The van der Waals surface area contributed by atoms with Gasteiger partial charge in [-0.15, -0.1) is 11.8 Å². The minimum atomic E-state index is -0.457. The van der Waals surface area contributed by atoms with Gasteiger partial charge in [-0.25, -0.2) is 4.79 Å². The van der Waals surface area contributed by atoms with Crippen LogP contribution in [0.3, 0.4) is 0 Å². The van der Waals surface area contributed by atoms with E-state index in [2.05, 4.69) is 17.4 Å². The van der Waals surface area contributed by atoms with Gasteiger partial charge in [-0.1, -0.05) is 25.3 Å². The molecule has 1 amide bonds. The number of rotatable bonds is 7. The van der Waals surface area contributed by atoms with Crippen LogP contribution in [0.25, 0.3) is 0 Å². The zero-order chi connectivity index (χ0) is 18.1. The molecule has 0 spiro atoms. The molecule has 0 unspecified atom stereocenters. The van der Waals surface area contributed by atoms with Gasteiger partial charge < -0.3 is 14.8 Å². The van der Waals surface area contributed by atoms with Crippen LogP contribution < -0.4 is 10.1 Å². The molecule has 1 N–H and O–H groups in total. The molecular weight excluding hydrogens is 334 g/mol. The molecular formula is C20H31NO3S. The first kappa shape index (κ1) is 20.0. The first-order chi connectivity index (χ1) is 11.9. The average Bonchev–Trinajstić information content (AvgIpc) is 2.57. The number of benzene rings is 1. The number of amides is 1. The summed E-state index contributed by atoms with van der Waals surface area (Å²) in [5.74, 6) is 2.45. The lowest BCUT2D eigenvalue weighted by Gasteiger charge is -2.21. The lowest BCUT2D eigenvalue weighted by Crippen LogP contribution is -2.33. The van der Waals surface area contributed by atoms with E-state index in [1.54, 1.807) is 11.8 Å². The zero-order valence-electron chi connectivity index (χ0n) is 15.7. The summed E-state index contributed by atoms with van der Waals surface area (Å²) in [6.45, 7) is 6.99. The van der Waals surface area contributed by atoms with Gasteiger partial charge in [0.05, 0.1) is 6.61 Å². The third-order valence-corrected chi connectivity index (χ3v) is 5.05. The molecule has 0 aromatic heterocycles. The van der Waals surface area contributed by atoms with Crippen LogP contribution in [0.1, 0.15) is 52.9 Å². The lowest BCUT2D eigenvalue weighted by molar-refractivity contribution is 0.0531. The second-order valence-corrected chi connectivity index (χ2v) is 8.74. The molecule has 0 bridgehead atoms. The molecule has 0 aliphatic heterocycles. The maximum atomic E-state index is 11.6. The summed E-state index contributed by atoms with van der Waals surface area (Å²) < 4.78 is 11.2. The molecule has 0 heterocycles. The highest BCUT2D eigenvalue weighted by Crippen LogP contribution is 2.26. The monoisotopic (exact) mass is 365 g/mol. The Morgan fingerprint density at radius 2 is 2.00 bits per heavy atom. The van der Waals surface area contributed by atoms with Crippen LogP contribution in [0.5, 0.6) is 5.75 Å². The van der Waals surface area contributed by atoms with E-state index in [4.69, 9.17) is 9.47 Å². The Hall–Kier alpha value is -1.36. The van der Waals surface area contributed by atoms with Crippen LogP contribution in [-0.2, 0) is 4.74 Å². The number of carbonyl (C=O) groups is 1. The third kappa shape index (κ3) is 8.52. The summed E-state index contributed by atoms with van der Waals surface area (Å²) in [6.07, 6.45) is 6.29. The van der Waals surface area contributed by atoms with Gasteiger partial charge in [0.25, 0.3) is 0 Å². The average molecular weight is 366 g/mol. The van der Waals surface area contributed by atoms with E-state index in [-0.39, 0.29) is 6.09 Å². The summed E-state index contributed by atoms with van der Waals surface area (Å²) in [6, 6.07) is 8.21. The molecule has 1 aromatic carbocycles. The standard InChI is InChI=1S/C20H31NO3S/c1-20(2,3)24-19(22)21-12-13-25-18-11-7-10-17(14-18)23-15-16-8-5-4-6-9-16/h7,10-11,14,16H,4-6,8-9,12-13,15H2,1-3H3,(H,21,22). The van der Waals surface area contributed by atoms with Gasteiger partial charge in [-0.05, 0) is 57.7 Å². The molecule has 25 heavy (non-hydrogen) atoms. The van der Waals surface area contributed by atoms with Crippen LogP contribution in [-0.4, -0.2) is 30.6 Å². The molecule has 1 aliphatic carbocycles. The number of carbonyl (C=O) groups excluding carboxylic acids is 1. The number of hydrogen-bond donors (Lipinski definition) is 1. The van der Waals surface area contributed by atoms with Gasteiger partial charge in [0.1, 0.15) is 11.4 Å². The summed E-state index contributed by atoms with van der Waals surface area (Å²) in [5, 5.41) is 2.78. The van der Waals surface area contributed by atoms with Gasteiger partial charge >= 0.3 is 6.09 Å². The van der Waals surface area contributed by atoms with Crippen molar-refractivity contribution in [2.45, 2.75) is 63.4 Å². The highest BCUT2D eigenvalue weighted by molar-refractivity contribution is 7.99. The molecule has 4 nitrogen and oxygen atoms in total. The van der Waals surface area contributed by atoms with E-state index >= 15 is 0 Å². The summed E-state index contributed by atoms with van der Waals surface area (Å²) in [4.78, 5) is 12.8. The fraction of sp³-hybridized carbons (Fsp3) is 0.650. The number of ether oxygens (including phenoxy) is 2. The predicted molar refractivity (Wildman–Crippen MR) is 103 cm³/mol. The predicted octanol–water partition coefficient (Wildman–Crippen LogP) is 5.26. The Kier molecular flexibility index (Phi) is 7.94. The molecule has 5 heteroatoms. The smallest absolute Gasteiger partial charge is 0.407 e. The molecule has 0 atom stereocenters. The molecule has 1 fully saturated rings. The van der Waals surface area contributed by atoms with Crippen molar-refractivity contribution in [3.63, 3.8) is 0 Å². The molecule has 0 saturated heterocycles. The summed E-state index contributed by atoms with van der Waals surface area (Å²) in [5.41, 5.74) is -0.457. The largest absolute Gasteiger partial charge is 0.493 e. The van der Waals surface area contributed by atoms with Crippen molar-refractivity contribution in [3.05, 3.63) is 24.3 Å². The summed E-state index contributed by atoms with van der Waals surface area (Å²) >= 11 is 1.71. The number of hydrogen-bond acceptors (Lipinski definition) is 4. The maximum absolute atomic E-state index is 11.6. The first-order valence-electron chi connectivity index (χ1n) is 9.25. The second-order valence-electron chi connectivity index (χ2n) is 7.57. The zero-order valence-corrected chi connectivity index (χ0v) is 16.5. The van der Waals surface area contributed by atoms with Crippen molar-refractivity contribution in [2.75, 3.05) is 18.9 Å². The Labute approximate surface area is 156 Å². The van der Waals surface area contributed by atoms with Crippen molar-refractivity contribution in [2.24, 2.45) is 5.92 Å². The van der Waals surface area contributed by atoms with E-state index < -0.39 is 5.60 Å². The molecule has 1 aliphatic rings. The van der Waals surface area contributed by atoms with Crippen molar-refractivity contribution >= 4 is 17.9 Å². The van der Waals surface area contributed by atoms with Crippen LogP contribution in [0.4, 0.5) is 4.79 Å². The maximum Gasteiger partial charge on any atom is 0.407 e. The van der Waals surface area contributed by atoms with Gasteiger partial charge in [0.2, 0.25) is 0 Å². The van der Waals surface area contributed by atoms with Crippen LogP contribution in [0.2, 0.25) is 0 Å². The van der Waals surface area contributed by atoms with Crippen molar-refractivity contribution in [1.82, 2.24) is 5.32 Å². The molecule has 140 valence electrons. The molecule has 2 rings (SSSR count). The molecule has 0 radical (unpaired) electrons. The minimum Gasteiger partial charge on any atom is -0.493 e. The van der Waals surface area contributed by atoms with E-state index in [9.17, 15) is 4.79 Å². The first-order valence-corrected chi connectivity index (χ1v) is 10.2. The van der Waals surface area contributed by atoms with Crippen LogP contribution in [0, 0.1) is 5.92 Å². The van der Waals surface area contributed by atoms with E-state index in [1.165, 1.54) is 32.1 Å². The van der Waals surface area contributed by atoms with Crippen molar-refractivity contribution in [1.29, 1.82) is 0 Å². The van der Waals surface area contributed by atoms with Crippen molar-refractivity contribution < 1.29 is 14.3 Å². The van der Waals surface area contributed by atoms with Gasteiger partial charge in [-0.3, -0.25) is 0 Å². The molecule has 1 saturated carbocycles. The Balaban J connectivity index is 1.67. The minimum absolute atomic E-state index is 0.363. The molecule has 1 aromatic rings. The number of nitrogens with one attached hydrogen (secondary N) is 1. The SMILES string of the molecule is CC(C)(C)OC(=O)NCCSc1cccc(OCC2CCCCC2)c1. The van der Waals surface area contributed by atoms with E-state index in [0.717, 1.165) is 23.0 Å². The van der Waals surface area contributed by atoms with Crippen molar-refractivity contribution in [3.8, 4) is 5.75 Å². The fourth-order valence-electron chi connectivity index (χ4n) is 2.86. The Morgan fingerprint density at radius 1 is 1.24 bits per heavy atom. The fourth-order valence-corrected chi connectivity index (χ4v) is 3.67. The quantitative estimate of drug-likeness (QED) is 0.529.